The van der Waals surface area contributed by atoms with E-state index in [1.54, 1.807) is 11.2 Å². The molecule has 1 saturated heterocycles. The fourth-order valence-corrected chi connectivity index (χ4v) is 5.74. The van der Waals surface area contributed by atoms with Crippen molar-refractivity contribution in [3.8, 4) is 22.5 Å². The van der Waals surface area contributed by atoms with E-state index in [-0.39, 0.29) is 29.4 Å². The van der Waals surface area contributed by atoms with Gasteiger partial charge in [-0.25, -0.2) is 19.7 Å². The van der Waals surface area contributed by atoms with E-state index in [4.69, 9.17) is 9.72 Å². The molecule has 0 spiro atoms. The molecule has 14 nitrogen and oxygen atoms in total. The molecule has 1 aliphatic rings. The van der Waals surface area contributed by atoms with Gasteiger partial charge >= 0.3 is 6.09 Å². The number of tetrazole rings is 1. The zero-order valence-corrected chi connectivity index (χ0v) is 29.3. The number of hydrogen-bond donors (Lipinski definition) is 2. The molecule has 0 bridgehead atoms. The summed E-state index contributed by atoms with van der Waals surface area (Å²) in [5, 5.41) is 16.1. The number of hydrogen-bond acceptors (Lipinski definition) is 10. The van der Waals surface area contributed by atoms with E-state index in [2.05, 4.69) is 46.6 Å². The highest BCUT2D eigenvalue weighted by Crippen LogP contribution is 2.32. The number of nitrogens with one attached hydrogen (secondary N) is 2. The van der Waals surface area contributed by atoms with Gasteiger partial charge in [0, 0.05) is 54.6 Å². The van der Waals surface area contributed by atoms with Crippen molar-refractivity contribution in [1.29, 1.82) is 0 Å². The fourth-order valence-electron chi connectivity index (χ4n) is 5.74. The zero-order chi connectivity index (χ0) is 35.1. The molecule has 49 heavy (non-hydrogen) atoms. The Morgan fingerprint density at radius 2 is 1.67 bits per heavy atom. The number of nitrogens with zero attached hydrogens (tertiary/aromatic N) is 9. The number of ether oxygens (including phenoxy) is 1. The van der Waals surface area contributed by atoms with Crippen molar-refractivity contribution < 1.29 is 14.3 Å². The van der Waals surface area contributed by atoms with Crippen LogP contribution in [-0.2, 0) is 10.3 Å². The average molecular weight is 666 g/mol. The smallest absolute Gasteiger partial charge is 0.410 e. The molecule has 5 aromatic rings. The van der Waals surface area contributed by atoms with Gasteiger partial charge in [-0.15, -0.1) is 10.2 Å². The summed E-state index contributed by atoms with van der Waals surface area (Å²) in [5.41, 5.74) is 5.35. The Hall–Kier alpha value is -5.40. The maximum absolute atomic E-state index is 12.9. The third-order valence-electron chi connectivity index (χ3n) is 8.31. The topological polar surface area (TPSA) is 160 Å². The van der Waals surface area contributed by atoms with Crippen molar-refractivity contribution in [2.24, 2.45) is 0 Å². The second-order valence-corrected chi connectivity index (χ2v) is 14.4. The van der Waals surface area contributed by atoms with Crippen LogP contribution >= 0.6 is 0 Å². The van der Waals surface area contributed by atoms with Gasteiger partial charge in [-0.1, -0.05) is 12.1 Å². The number of H-pyrrole nitrogens is 1. The van der Waals surface area contributed by atoms with Gasteiger partial charge in [0.1, 0.15) is 23.4 Å². The Labute approximate surface area is 285 Å². The van der Waals surface area contributed by atoms with E-state index < -0.39 is 5.60 Å². The monoisotopic (exact) mass is 665 g/mol. The van der Waals surface area contributed by atoms with Gasteiger partial charge in [0.05, 0.1) is 17.3 Å². The average Bonchev–Trinajstić information content (AvgIpc) is 3.73. The number of benzene rings is 1. The number of rotatable bonds is 6. The van der Waals surface area contributed by atoms with Crippen LogP contribution in [0.25, 0.3) is 33.5 Å². The van der Waals surface area contributed by atoms with Gasteiger partial charge in [0.15, 0.2) is 0 Å². The van der Waals surface area contributed by atoms with E-state index >= 15 is 0 Å². The number of pyridine rings is 1. The first kappa shape index (κ1) is 33.5. The van der Waals surface area contributed by atoms with Crippen molar-refractivity contribution in [1.82, 2.24) is 50.4 Å². The third kappa shape index (κ3) is 7.37. The van der Waals surface area contributed by atoms with Crippen LogP contribution < -0.4 is 10.2 Å². The van der Waals surface area contributed by atoms with E-state index in [0.717, 1.165) is 50.5 Å². The Kier molecular flexibility index (Phi) is 8.82. The predicted molar refractivity (Wildman–Crippen MR) is 186 cm³/mol. The summed E-state index contributed by atoms with van der Waals surface area (Å²) >= 11 is 0. The number of carbonyl (C=O) groups is 2. The first-order valence-corrected chi connectivity index (χ1v) is 16.4. The van der Waals surface area contributed by atoms with Crippen LogP contribution in [0.5, 0.6) is 0 Å². The molecule has 2 amide bonds. The van der Waals surface area contributed by atoms with Gasteiger partial charge in [-0.2, -0.15) is 4.80 Å². The normalized spacial score (nSPS) is 14.6. The molecular formula is C35H43N11O3. The fraction of sp³-hybridized carbons (Fsp3) is 0.429. The van der Waals surface area contributed by atoms with E-state index in [9.17, 15) is 9.59 Å². The number of fused-ring (bicyclic) bond motifs is 1. The van der Waals surface area contributed by atoms with Gasteiger partial charge < -0.3 is 24.8 Å². The molecule has 6 rings (SSSR count). The molecule has 5 heterocycles. The second kappa shape index (κ2) is 12.9. The lowest BCUT2D eigenvalue weighted by Crippen LogP contribution is -2.50. The molecule has 0 saturated carbocycles. The van der Waals surface area contributed by atoms with Crippen LogP contribution in [0.3, 0.4) is 0 Å². The number of aryl methyl sites for hydroxylation is 1. The van der Waals surface area contributed by atoms with Crippen LogP contribution in [0.1, 0.15) is 76.3 Å². The molecular weight excluding hydrogens is 622 g/mol. The summed E-state index contributed by atoms with van der Waals surface area (Å²) in [6.07, 6.45) is 3.12. The van der Waals surface area contributed by atoms with E-state index in [1.807, 2.05) is 91.9 Å². The standard InChI is InChI=1S/C35H43N11O3/c1-21-17-23(9-11-25(21)22(2)39-32(47)31-41-43-46(42-31)34(3,4)5)29-26-18-27(40-30(26)38-20-37-29)24-10-12-28(36-19-24)44-13-15-45(16-14-44)33(48)49-35(6,7)8/h9-12,17-20,22H,13-16H2,1-8H3,(H,39,47)(H,37,38,40)/t22-/m1/s1. The first-order valence-electron chi connectivity index (χ1n) is 16.4. The largest absolute Gasteiger partial charge is 0.444 e. The Morgan fingerprint density at radius 3 is 2.31 bits per heavy atom. The number of anilines is 1. The predicted octanol–water partition coefficient (Wildman–Crippen LogP) is 5.28. The molecule has 4 aromatic heterocycles. The van der Waals surface area contributed by atoms with Crippen LogP contribution in [-0.4, -0.2) is 88.8 Å². The van der Waals surface area contributed by atoms with Gasteiger partial charge in [0.25, 0.3) is 11.7 Å². The van der Waals surface area contributed by atoms with Crippen LogP contribution in [0.2, 0.25) is 0 Å². The molecule has 0 aliphatic carbocycles. The molecule has 0 radical (unpaired) electrons. The number of amides is 2. The molecule has 256 valence electrons. The number of carbonyl (C=O) groups excluding carboxylic acids is 2. The summed E-state index contributed by atoms with van der Waals surface area (Å²) in [6.45, 7) is 17.9. The lowest BCUT2D eigenvalue weighted by molar-refractivity contribution is 0.0240. The maximum Gasteiger partial charge on any atom is 0.410 e. The van der Waals surface area contributed by atoms with Crippen molar-refractivity contribution in [3.63, 3.8) is 0 Å². The van der Waals surface area contributed by atoms with E-state index in [0.29, 0.717) is 26.2 Å². The third-order valence-corrected chi connectivity index (χ3v) is 8.31. The molecule has 1 aromatic carbocycles. The number of aromatic nitrogens is 8. The van der Waals surface area contributed by atoms with Crippen LogP contribution in [0, 0.1) is 6.92 Å². The Morgan fingerprint density at radius 1 is 0.939 bits per heavy atom. The molecule has 1 atom stereocenters. The highest BCUT2D eigenvalue weighted by molar-refractivity contribution is 5.94. The lowest BCUT2D eigenvalue weighted by Gasteiger charge is -2.36. The molecule has 1 aliphatic heterocycles. The van der Waals surface area contributed by atoms with E-state index in [1.165, 1.54) is 4.80 Å². The summed E-state index contributed by atoms with van der Waals surface area (Å²) in [4.78, 5) is 48.0. The molecule has 14 heteroatoms. The second-order valence-electron chi connectivity index (χ2n) is 14.4. The van der Waals surface area contributed by atoms with Crippen molar-refractivity contribution in [3.05, 3.63) is 65.9 Å². The highest BCUT2D eigenvalue weighted by Gasteiger charge is 2.27. The SMILES string of the molecule is Cc1cc(-c2ncnc3[nH]c(-c4ccc(N5CCN(C(=O)OC(C)(C)C)CC5)nc4)cc23)ccc1[C@@H](C)NC(=O)c1nnn(C(C)(C)C)n1. The summed E-state index contributed by atoms with van der Waals surface area (Å²) in [7, 11) is 0. The van der Waals surface area contributed by atoms with Gasteiger partial charge in [-0.05, 0) is 96.0 Å². The minimum Gasteiger partial charge on any atom is -0.444 e. The number of piperazine rings is 1. The minimum atomic E-state index is -0.515. The molecule has 0 unspecified atom stereocenters. The summed E-state index contributed by atoms with van der Waals surface area (Å²) in [6, 6.07) is 11.9. The first-order chi connectivity index (χ1) is 23.2. The molecule has 2 N–H and O–H groups in total. The Balaban J connectivity index is 1.14. The quantitative estimate of drug-likeness (QED) is 0.244. The lowest BCUT2D eigenvalue weighted by atomic mass is 9.97. The van der Waals surface area contributed by atoms with Crippen molar-refractivity contribution >= 4 is 28.9 Å². The van der Waals surface area contributed by atoms with Crippen LogP contribution in [0.15, 0.2) is 48.9 Å². The summed E-state index contributed by atoms with van der Waals surface area (Å²) < 4.78 is 5.52. The highest BCUT2D eigenvalue weighted by atomic mass is 16.6. The number of aromatic amines is 1. The van der Waals surface area contributed by atoms with Crippen molar-refractivity contribution in [2.45, 2.75) is 72.6 Å². The Bertz CT molecular complexity index is 1980. The zero-order valence-electron chi connectivity index (χ0n) is 29.3. The van der Waals surface area contributed by atoms with Crippen molar-refractivity contribution in [2.75, 3.05) is 31.1 Å². The van der Waals surface area contributed by atoms with Crippen LogP contribution in [0.4, 0.5) is 10.6 Å². The molecule has 1 fully saturated rings. The summed E-state index contributed by atoms with van der Waals surface area (Å²) in [5.74, 6) is 0.510. The minimum absolute atomic E-state index is 0.0330. The van der Waals surface area contributed by atoms with Gasteiger partial charge in [-0.3, -0.25) is 4.79 Å². The van der Waals surface area contributed by atoms with Gasteiger partial charge in [0.2, 0.25) is 0 Å². The maximum atomic E-state index is 12.9.